The first-order chi connectivity index (χ1) is 18.5. The maximum atomic E-state index is 13.8. The number of carbonyl (C=O) groups is 2. The van der Waals surface area contributed by atoms with Gasteiger partial charge < -0.3 is 0 Å². The fraction of sp³-hybridized carbons (Fsp3) is 0.179. The van der Waals surface area contributed by atoms with E-state index in [1.807, 2.05) is 30.3 Å². The molecule has 194 valence electrons. The third-order valence-corrected chi connectivity index (χ3v) is 7.27. The molecule has 3 aromatic carbocycles. The molecule has 1 N–H and O–H groups in total. The third-order valence-electron chi connectivity index (χ3n) is 6.01. The van der Waals surface area contributed by atoms with E-state index < -0.39 is 17.0 Å². The molecule has 2 amide bonds. The van der Waals surface area contributed by atoms with E-state index in [1.54, 1.807) is 35.9 Å². The first-order valence-electron chi connectivity index (χ1n) is 12.0. The van der Waals surface area contributed by atoms with E-state index in [2.05, 4.69) is 5.48 Å². The molecule has 5 rings (SSSR count). The van der Waals surface area contributed by atoms with E-state index in [4.69, 9.17) is 9.94 Å². The molecule has 0 spiro atoms. The van der Waals surface area contributed by atoms with Crippen molar-refractivity contribution < 1.29 is 23.2 Å². The van der Waals surface area contributed by atoms with Crippen LogP contribution >= 0.6 is 11.8 Å². The minimum Gasteiger partial charge on any atom is -0.286 e. The number of halogens is 2. The van der Waals surface area contributed by atoms with Crippen molar-refractivity contribution in [2.45, 2.75) is 12.2 Å². The zero-order chi connectivity index (χ0) is 26.6. The number of nitrogens with one attached hydrogen (secondary N) is 1. The average Bonchev–Trinajstić information content (AvgIpc) is 3.26. The number of hydrogen-bond acceptors (Lipinski definition) is 5. The van der Waals surface area contributed by atoms with Crippen LogP contribution in [-0.4, -0.2) is 40.5 Å². The molecule has 0 radical (unpaired) electrons. The SMILES string of the molecule is CCONC(=O)CN1C(=O)CSC(c2ccc(F)cc2)c2c(-c3ccccc3)nn(-c3ccc(F)cc3)c21. The van der Waals surface area contributed by atoms with Gasteiger partial charge in [0.05, 0.1) is 29.0 Å². The number of fused-ring (bicyclic) bond motifs is 1. The highest BCUT2D eigenvalue weighted by atomic mass is 32.2. The molecule has 1 aromatic heterocycles. The van der Waals surface area contributed by atoms with Crippen molar-refractivity contribution in [2.75, 3.05) is 23.8 Å². The van der Waals surface area contributed by atoms with E-state index in [1.165, 1.54) is 40.9 Å². The molecule has 1 unspecified atom stereocenters. The number of hydroxylamine groups is 1. The van der Waals surface area contributed by atoms with Gasteiger partial charge in [-0.1, -0.05) is 42.5 Å². The smallest absolute Gasteiger partial charge is 0.263 e. The van der Waals surface area contributed by atoms with Gasteiger partial charge in [0, 0.05) is 11.1 Å². The minimum absolute atomic E-state index is 0.0658. The van der Waals surface area contributed by atoms with Crippen LogP contribution in [0.3, 0.4) is 0 Å². The summed E-state index contributed by atoms with van der Waals surface area (Å²) in [7, 11) is 0. The quantitative estimate of drug-likeness (QED) is 0.336. The molecule has 38 heavy (non-hydrogen) atoms. The van der Waals surface area contributed by atoms with Crippen molar-refractivity contribution in [3.8, 4) is 16.9 Å². The standard InChI is InChI=1S/C28H24F2N4O3S/c1-2-37-32-23(35)16-33-24(36)17-38-27(19-8-10-20(29)11-9-19)25-26(18-6-4-3-5-7-18)31-34(28(25)33)22-14-12-21(30)13-15-22/h3-15,27H,2,16-17H2,1H3,(H,32,35). The zero-order valence-electron chi connectivity index (χ0n) is 20.4. The van der Waals surface area contributed by atoms with E-state index in [0.29, 0.717) is 22.8 Å². The first-order valence-corrected chi connectivity index (χ1v) is 13.0. The predicted molar refractivity (Wildman–Crippen MR) is 142 cm³/mol. The fourth-order valence-corrected chi connectivity index (χ4v) is 5.52. The number of rotatable bonds is 7. The Morgan fingerprint density at radius 2 is 1.68 bits per heavy atom. The summed E-state index contributed by atoms with van der Waals surface area (Å²) in [6.07, 6.45) is 0. The Balaban J connectivity index is 1.77. The number of aromatic nitrogens is 2. The average molecular weight is 535 g/mol. The van der Waals surface area contributed by atoms with Gasteiger partial charge in [-0.2, -0.15) is 5.10 Å². The molecular weight excluding hydrogens is 510 g/mol. The number of hydrogen-bond donors (Lipinski definition) is 1. The van der Waals surface area contributed by atoms with Gasteiger partial charge >= 0.3 is 0 Å². The van der Waals surface area contributed by atoms with Gasteiger partial charge in [-0.15, -0.1) is 11.8 Å². The highest BCUT2D eigenvalue weighted by molar-refractivity contribution is 8.00. The molecular formula is C28H24F2N4O3S. The molecule has 0 bridgehead atoms. The third kappa shape index (κ3) is 5.18. The highest BCUT2D eigenvalue weighted by Gasteiger charge is 2.37. The first kappa shape index (κ1) is 25.6. The second-order valence-electron chi connectivity index (χ2n) is 8.52. The number of anilines is 1. The van der Waals surface area contributed by atoms with Crippen molar-refractivity contribution in [3.05, 3.63) is 102 Å². The number of thioether (sulfide) groups is 1. The lowest BCUT2D eigenvalue weighted by molar-refractivity contribution is -0.132. The summed E-state index contributed by atoms with van der Waals surface area (Å²) >= 11 is 1.37. The van der Waals surface area contributed by atoms with E-state index >= 15 is 0 Å². The molecule has 0 saturated carbocycles. The van der Waals surface area contributed by atoms with Crippen LogP contribution in [0.1, 0.15) is 23.3 Å². The van der Waals surface area contributed by atoms with Gasteiger partial charge in [0.25, 0.3) is 5.91 Å². The van der Waals surface area contributed by atoms with Crippen LogP contribution < -0.4 is 10.4 Å². The van der Waals surface area contributed by atoms with Gasteiger partial charge in [-0.05, 0) is 48.9 Å². The van der Waals surface area contributed by atoms with Crippen LogP contribution in [0.4, 0.5) is 14.6 Å². The molecule has 4 aromatic rings. The lowest BCUT2D eigenvalue weighted by Gasteiger charge is -2.23. The van der Waals surface area contributed by atoms with E-state index in [0.717, 1.165) is 11.1 Å². The van der Waals surface area contributed by atoms with Crippen LogP contribution in [0.2, 0.25) is 0 Å². The summed E-state index contributed by atoms with van der Waals surface area (Å²) in [5.41, 5.74) is 5.71. The maximum absolute atomic E-state index is 13.8. The summed E-state index contributed by atoms with van der Waals surface area (Å²) in [5, 5.41) is 4.50. The lowest BCUT2D eigenvalue weighted by atomic mass is 9.99. The summed E-state index contributed by atoms with van der Waals surface area (Å²) in [5.74, 6) is -1.16. The lowest BCUT2D eigenvalue weighted by Crippen LogP contribution is -2.42. The fourth-order valence-electron chi connectivity index (χ4n) is 4.32. The van der Waals surface area contributed by atoms with Crippen LogP contribution in [0.25, 0.3) is 16.9 Å². The van der Waals surface area contributed by atoms with Gasteiger partial charge in [-0.25, -0.2) is 18.9 Å². The second kappa shape index (κ2) is 11.2. The Hall–Kier alpha value is -4.02. The van der Waals surface area contributed by atoms with Crippen LogP contribution in [0.15, 0.2) is 78.9 Å². The molecule has 1 aliphatic heterocycles. The van der Waals surface area contributed by atoms with Gasteiger partial charge in [0.2, 0.25) is 5.91 Å². The Kier molecular flexibility index (Phi) is 7.52. The second-order valence-corrected chi connectivity index (χ2v) is 9.61. The molecule has 0 saturated heterocycles. The minimum atomic E-state index is -0.510. The molecule has 10 heteroatoms. The summed E-state index contributed by atoms with van der Waals surface area (Å²) < 4.78 is 29.2. The predicted octanol–water partition coefficient (Wildman–Crippen LogP) is 5.05. The van der Waals surface area contributed by atoms with Crippen molar-refractivity contribution in [3.63, 3.8) is 0 Å². The number of carbonyl (C=O) groups excluding carboxylic acids is 2. The molecule has 7 nitrogen and oxygen atoms in total. The highest BCUT2D eigenvalue weighted by Crippen LogP contribution is 2.48. The largest absolute Gasteiger partial charge is 0.286 e. The Morgan fingerprint density at radius 3 is 2.34 bits per heavy atom. The van der Waals surface area contributed by atoms with Crippen LogP contribution in [-0.2, 0) is 14.4 Å². The van der Waals surface area contributed by atoms with E-state index in [-0.39, 0.29) is 30.6 Å². The number of nitrogens with zero attached hydrogens (tertiary/aromatic N) is 3. The Labute approximate surface area is 222 Å². The van der Waals surface area contributed by atoms with Crippen LogP contribution in [0, 0.1) is 11.6 Å². The Bertz CT molecular complexity index is 1440. The Morgan fingerprint density at radius 1 is 1.03 bits per heavy atom. The topological polar surface area (TPSA) is 76.5 Å². The van der Waals surface area contributed by atoms with E-state index in [9.17, 15) is 18.4 Å². The molecule has 1 atom stereocenters. The van der Waals surface area contributed by atoms with Gasteiger partial charge in [0.15, 0.2) is 0 Å². The summed E-state index contributed by atoms with van der Waals surface area (Å²) in [6, 6.07) is 21.3. The molecule has 1 aliphatic rings. The monoisotopic (exact) mass is 534 g/mol. The zero-order valence-corrected chi connectivity index (χ0v) is 21.3. The van der Waals surface area contributed by atoms with Gasteiger partial charge in [-0.3, -0.25) is 19.3 Å². The molecule has 2 heterocycles. The van der Waals surface area contributed by atoms with Gasteiger partial charge in [0.1, 0.15) is 24.0 Å². The van der Waals surface area contributed by atoms with Crippen molar-refractivity contribution in [1.82, 2.24) is 15.3 Å². The van der Waals surface area contributed by atoms with Crippen molar-refractivity contribution in [1.29, 1.82) is 0 Å². The normalized spacial score (nSPS) is 15.2. The van der Waals surface area contributed by atoms with Crippen molar-refractivity contribution >= 4 is 29.4 Å². The molecule has 0 fully saturated rings. The summed E-state index contributed by atoms with van der Waals surface area (Å²) in [6.45, 7) is 1.68. The maximum Gasteiger partial charge on any atom is 0.263 e. The number of benzene rings is 3. The summed E-state index contributed by atoms with van der Waals surface area (Å²) in [4.78, 5) is 32.7. The van der Waals surface area contributed by atoms with Crippen LogP contribution in [0.5, 0.6) is 0 Å². The number of amides is 2. The van der Waals surface area contributed by atoms with Crippen molar-refractivity contribution in [2.24, 2.45) is 0 Å². The molecule has 0 aliphatic carbocycles.